The largest absolute Gasteiger partial charge is 1.00 e. The predicted octanol–water partition coefficient (Wildman–Crippen LogP) is -0.732. The number of carbonyl (C=O) groups excluding carboxylic acids is 2. The van der Waals surface area contributed by atoms with Crippen molar-refractivity contribution in [2.45, 2.75) is 51.6 Å². The minimum atomic E-state index is -0.0212. The number of carbonyl (C=O) groups is 2. The summed E-state index contributed by atoms with van der Waals surface area (Å²) in [5.41, 5.74) is 0.369. The number of ether oxygens (including phenoxy) is 1. The summed E-state index contributed by atoms with van der Waals surface area (Å²) in [7, 11) is 0. The average Bonchev–Trinajstić information content (AvgIpc) is 2.75. The number of Topliss-reactive ketones (excluding diaryl/α,β-unsaturated/α-hetero) is 2. The van der Waals surface area contributed by atoms with Crippen LogP contribution in [-0.2, 0) is 14.3 Å². The van der Waals surface area contributed by atoms with Gasteiger partial charge in [-0.25, -0.2) is 0 Å². The number of hydrogen-bond donors (Lipinski definition) is 0. The summed E-state index contributed by atoms with van der Waals surface area (Å²) in [5, 5.41) is 0. The molecule has 4 heteroatoms. The Hall–Kier alpha value is 0.516. The summed E-state index contributed by atoms with van der Waals surface area (Å²) in [6.07, 6.45) is 4.77. The first-order valence-electron chi connectivity index (χ1n) is 5.68. The molecule has 84 valence electrons. The third kappa shape index (κ3) is 3.04. The topological polar surface area (TPSA) is 43.4 Å². The average molecular weight is 248 g/mol. The van der Waals surface area contributed by atoms with E-state index in [1.54, 1.807) is 0 Å². The van der Waals surface area contributed by atoms with Gasteiger partial charge in [0.15, 0.2) is 11.6 Å². The van der Waals surface area contributed by atoms with Crippen molar-refractivity contribution in [1.29, 1.82) is 0 Å². The molecule has 0 aromatic rings. The first-order valence-corrected chi connectivity index (χ1v) is 5.68. The van der Waals surface area contributed by atoms with Gasteiger partial charge >= 0.3 is 51.4 Å². The molecule has 0 N–H and O–H groups in total. The monoisotopic (exact) mass is 248 g/mol. The van der Waals surface area contributed by atoms with Crippen LogP contribution < -0.4 is 51.4 Å². The third-order valence-corrected chi connectivity index (χ3v) is 3.03. The summed E-state index contributed by atoms with van der Waals surface area (Å²) in [6.45, 7) is 2.11. The minimum Gasteiger partial charge on any atom is -1.00 e. The van der Waals surface area contributed by atoms with E-state index in [9.17, 15) is 9.59 Å². The Morgan fingerprint density at radius 3 is 2.44 bits per heavy atom. The smallest absolute Gasteiger partial charge is 1.00 e. The Morgan fingerprint density at radius 1 is 1.25 bits per heavy atom. The number of allylic oxidation sites excluding steroid dienone is 2. The van der Waals surface area contributed by atoms with Gasteiger partial charge in [-0.05, 0) is 12.8 Å². The van der Waals surface area contributed by atoms with Crippen molar-refractivity contribution < 1.29 is 67.1 Å². The Balaban J connectivity index is 0.00000128. The molecule has 0 aromatic carbocycles. The van der Waals surface area contributed by atoms with Crippen molar-refractivity contribution in [2.75, 3.05) is 0 Å². The maximum atomic E-state index is 11.5. The second kappa shape index (κ2) is 6.45. The molecule has 0 amide bonds. The molecule has 2 fully saturated rings. The van der Waals surface area contributed by atoms with Gasteiger partial charge in [-0.2, -0.15) is 0 Å². The zero-order valence-corrected chi connectivity index (χ0v) is 13.2. The van der Waals surface area contributed by atoms with E-state index < -0.39 is 0 Å². The summed E-state index contributed by atoms with van der Waals surface area (Å²) < 4.78 is 5.66. The van der Waals surface area contributed by atoms with Gasteiger partial charge < -0.3 is 6.16 Å². The van der Waals surface area contributed by atoms with Crippen LogP contribution in [0.25, 0.3) is 0 Å². The SMILES string of the molecule is CCCC1CCC(=C2C(=O)CCC2=O)O1.[H-].[K+]. The van der Waals surface area contributed by atoms with Crippen molar-refractivity contribution in [2.24, 2.45) is 0 Å². The standard InChI is InChI=1S/C12H16O3.K.H/c1-2-3-8-4-7-11(15-8)12-9(13)5-6-10(12)14;;/h8H,2-7H2,1H3;;/q;+1;-1. The van der Waals surface area contributed by atoms with E-state index >= 15 is 0 Å². The second-order valence-electron chi connectivity index (χ2n) is 4.21. The first-order chi connectivity index (χ1) is 7.22. The summed E-state index contributed by atoms with van der Waals surface area (Å²) in [5.74, 6) is 0.625. The van der Waals surface area contributed by atoms with Gasteiger partial charge in [0, 0.05) is 19.3 Å². The van der Waals surface area contributed by atoms with Gasteiger partial charge in [0.05, 0.1) is 11.7 Å². The Labute approximate surface area is 140 Å². The van der Waals surface area contributed by atoms with Crippen molar-refractivity contribution in [3.63, 3.8) is 0 Å². The van der Waals surface area contributed by atoms with Gasteiger partial charge in [-0.3, -0.25) is 9.59 Å². The molecule has 1 saturated heterocycles. The van der Waals surface area contributed by atoms with Crippen molar-refractivity contribution in [3.8, 4) is 0 Å². The zero-order chi connectivity index (χ0) is 10.8. The fourth-order valence-corrected chi connectivity index (χ4v) is 2.26. The van der Waals surface area contributed by atoms with Crippen molar-refractivity contribution in [3.05, 3.63) is 11.3 Å². The molecule has 0 radical (unpaired) electrons. The molecule has 1 heterocycles. The quantitative estimate of drug-likeness (QED) is 0.367. The first kappa shape index (κ1) is 14.6. The van der Waals surface area contributed by atoms with Gasteiger partial charge in [-0.15, -0.1) is 0 Å². The van der Waals surface area contributed by atoms with Crippen molar-refractivity contribution >= 4 is 11.6 Å². The predicted molar refractivity (Wildman–Crippen MR) is 56.4 cm³/mol. The van der Waals surface area contributed by atoms with E-state index in [4.69, 9.17) is 4.74 Å². The van der Waals surface area contributed by atoms with Crippen LogP contribution in [0, 0.1) is 0 Å². The Morgan fingerprint density at radius 2 is 1.88 bits per heavy atom. The molecule has 1 unspecified atom stereocenters. The molecule has 1 saturated carbocycles. The molecule has 2 aliphatic rings. The maximum Gasteiger partial charge on any atom is 1.00 e. The van der Waals surface area contributed by atoms with Gasteiger partial charge in [-0.1, -0.05) is 13.3 Å². The van der Waals surface area contributed by atoms with Crippen LogP contribution >= 0.6 is 0 Å². The van der Waals surface area contributed by atoms with E-state index in [0.29, 0.717) is 24.2 Å². The molecule has 0 aromatic heterocycles. The zero-order valence-electron chi connectivity index (χ0n) is 11.0. The van der Waals surface area contributed by atoms with Gasteiger partial charge in [0.25, 0.3) is 0 Å². The van der Waals surface area contributed by atoms with Crippen LogP contribution in [0.1, 0.15) is 46.9 Å². The minimum absolute atomic E-state index is 0. The van der Waals surface area contributed by atoms with Crippen molar-refractivity contribution in [1.82, 2.24) is 0 Å². The molecule has 1 atom stereocenters. The normalized spacial score (nSPS) is 24.7. The van der Waals surface area contributed by atoms with Crippen LogP contribution in [0.5, 0.6) is 0 Å². The van der Waals surface area contributed by atoms with E-state index in [1.807, 2.05) is 0 Å². The molecule has 0 bridgehead atoms. The van der Waals surface area contributed by atoms with Crippen LogP contribution in [0.4, 0.5) is 0 Å². The van der Waals surface area contributed by atoms with Crippen LogP contribution in [0.15, 0.2) is 11.3 Å². The fourth-order valence-electron chi connectivity index (χ4n) is 2.26. The molecular weight excluding hydrogens is 231 g/mol. The van der Waals surface area contributed by atoms with Crippen LogP contribution in [0.2, 0.25) is 0 Å². The van der Waals surface area contributed by atoms with E-state index in [2.05, 4.69) is 6.92 Å². The molecular formula is C12H17KO3. The van der Waals surface area contributed by atoms with E-state index in [1.165, 1.54) is 0 Å². The molecule has 16 heavy (non-hydrogen) atoms. The molecule has 1 aliphatic heterocycles. The van der Waals surface area contributed by atoms with Gasteiger partial charge in [0.2, 0.25) is 0 Å². The summed E-state index contributed by atoms with van der Waals surface area (Å²) in [4.78, 5) is 23.0. The second-order valence-corrected chi connectivity index (χ2v) is 4.21. The van der Waals surface area contributed by atoms with Crippen LogP contribution in [-0.4, -0.2) is 17.7 Å². The molecule has 2 rings (SSSR count). The molecule has 3 nitrogen and oxygen atoms in total. The molecule has 1 aliphatic carbocycles. The van der Waals surface area contributed by atoms with E-state index in [0.717, 1.165) is 25.7 Å². The number of hydrogen-bond acceptors (Lipinski definition) is 3. The summed E-state index contributed by atoms with van der Waals surface area (Å²) >= 11 is 0. The Bertz CT molecular complexity index is 321. The summed E-state index contributed by atoms with van der Waals surface area (Å²) in [6, 6.07) is 0. The van der Waals surface area contributed by atoms with Crippen LogP contribution in [0.3, 0.4) is 0 Å². The van der Waals surface area contributed by atoms with E-state index in [-0.39, 0.29) is 70.5 Å². The fraction of sp³-hybridized carbons (Fsp3) is 0.667. The Kier molecular flexibility index (Phi) is 5.88. The third-order valence-electron chi connectivity index (χ3n) is 3.03. The maximum absolute atomic E-state index is 11.5. The number of ketones is 2. The molecule has 0 spiro atoms. The van der Waals surface area contributed by atoms with Gasteiger partial charge in [0.1, 0.15) is 5.76 Å². The number of rotatable bonds is 2.